The first-order valence-electron chi connectivity index (χ1n) is 6.87. The first-order valence-corrected chi connectivity index (χ1v) is 6.87. The highest BCUT2D eigenvalue weighted by Gasteiger charge is 2.15. The summed E-state index contributed by atoms with van der Waals surface area (Å²) in [7, 11) is 0. The summed E-state index contributed by atoms with van der Waals surface area (Å²) in [5.74, 6) is 0.322. The van der Waals surface area contributed by atoms with E-state index in [1.54, 1.807) is 48.5 Å². The summed E-state index contributed by atoms with van der Waals surface area (Å²) < 4.78 is 15.0. The van der Waals surface area contributed by atoms with Gasteiger partial charge in [0.05, 0.1) is 18.8 Å². The minimum atomic E-state index is -0.759. The Kier molecular flexibility index (Phi) is 3.93. The molecule has 0 aliphatic rings. The van der Waals surface area contributed by atoms with Crippen molar-refractivity contribution < 1.29 is 9.50 Å². The van der Waals surface area contributed by atoms with E-state index < -0.39 is 6.10 Å². The molecule has 5 nitrogen and oxygen atoms in total. The normalized spacial score (nSPS) is 12.3. The fourth-order valence-electron chi connectivity index (χ4n) is 2.40. The molecule has 3 aromatic rings. The molecule has 0 amide bonds. The summed E-state index contributed by atoms with van der Waals surface area (Å²) in [5, 5.41) is 10.4. The van der Waals surface area contributed by atoms with E-state index in [4.69, 9.17) is 0 Å². The molecule has 2 heterocycles. The Balaban J connectivity index is 1.86. The van der Waals surface area contributed by atoms with Crippen LogP contribution >= 0.6 is 0 Å². The van der Waals surface area contributed by atoms with Gasteiger partial charge >= 0.3 is 0 Å². The van der Waals surface area contributed by atoms with E-state index in [-0.39, 0.29) is 5.82 Å². The third-order valence-electron chi connectivity index (χ3n) is 3.47. The number of nitrogens with zero attached hydrogens (tertiary/aromatic N) is 4. The minimum Gasteiger partial charge on any atom is -0.387 e. The Morgan fingerprint density at radius 1 is 1.23 bits per heavy atom. The van der Waals surface area contributed by atoms with Crippen LogP contribution in [0.5, 0.6) is 0 Å². The van der Waals surface area contributed by atoms with Gasteiger partial charge in [0.1, 0.15) is 11.5 Å². The molecule has 1 aromatic carbocycles. The van der Waals surface area contributed by atoms with Crippen molar-refractivity contribution in [2.24, 2.45) is 0 Å². The van der Waals surface area contributed by atoms with E-state index in [1.807, 2.05) is 0 Å². The average Bonchev–Trinajstić information content (AvgIpc) is 2.96. The van der Waals surface area contributed by atoms with Crippen LogP contribution in [0.2, 0.25) is 0 Å². The maximum Gasteiger partial charge on any atom is 0.160 e. The second-order valence-corrected chi connectivity index (χ2v) is 5.01. The van der Waals surface area contributed by atoms with Crippen LogP contribution in [0.1, 0.15) is 17.2 Å². The Morgan fingerprint density at radius 2 is 2.09 bits per heavy atom. The van der Waals surface area contributed by atoms with Crippen LogP contribution in [0.3, 0.4) is 0 Å². The van der Waals surface area contributed by atoms with Crippen molar-refractivity contribution in [2.45, 2.75) is 19.6 Å². The van der Waals surface area contributed by atoms with Gasteiger partial charge < -0.3 is 9.67 Å². The minimum absolute atomic E-state index is 0.304. The van der Waals surface area contributed by atoms with Crippen molar-refractivity contribution in [1.29, 1.82) is 0 Å². The molecule has 2 aromatic heterocycles. The predicted octanol–water partition coefficient (Wildman–Crippen LogP) is 2.52. The molecule has 1 N–H and O–H groups in total. The molecule has 0 bridgehead atoms. The molecule has 112 valence electrons. The fourth-order valence-corrected chi connectivity index (χ4v) is 2.40. The van der Waals surface area contributed by atoms with Crippen molar-refractivity contribution in [3.8, 4) is 11.5 Å². The van der Waals surface area contributed by atoms with Crippen LogP contribution in [0.4, 0.5) is 4.39 Å². The maximum absolute atomic E-state index is 13.2. The standard InChI is InChI=1S/C16H15FN4O/c1-11-8-12(17)2-3-13(11)15(22)10-21-7-6-20-16(21)14-9-18-4-5-19-14/h2-9,15,22H,10H2,1H3. The number of benzene rings is 1. The number of imidazole rings is 1. The smallest absolute Gasteiger partial charge is 0.160 e. The number of aryl methyl sites for hydroxylation is 1. The molecule has 0 saturated heterocycles. The first-order chi connectivity index (χ1) is 10.6. The van der Waals surface area contributed by atoms with Gasteiger partial charge in [-0.2, -0.15) is 0 Å². The summed E-state index contributed by atoms with van der Waals surface area (Å²) in [6, 6.07) is 4.37. The maximum atomic E-state index is 13.2. The largest absolute Gasteiger partial charge is 0.387 e. The molecule has 0 saturated carbocycles. The third-order valence-corrected chi connectivity index (χ3v) is 3.47. The summed E-state index contributed by atoms with van der Waals surface area (Å²) in [4.78, 5) is 12.5. The molecule has 6 heteroatoms. The number of hydrogen-bond acceptors (Lipinski definition) is 4. The lowest BCUT2D eigenvalue weighted by Gasteiger charge is -2.16. The van der Waals surface area contributed by atoms with E-state index in [0.29, 0.717) is 29.2 Å². The second kappa shape index (κ2) is 6.03. The molecule has 0 spiro atoms. The van der Waals surface area contributed by atoms with Crippen molar-refractivity contribution in [3.63, 3.8) is 0 Å². The quantitative estimate of drug-likeness (QED) is 0.804. The lowest BCUT2D eigenvalue weighted by molar-refractivity contribution is 0.156. The third kappa shape index (κ3) is 2.87. The lowest BCUT2D eigenvalue weighted by atomic mass is 10.0. The summed E-state index contributed by atoms with van der Waals surface area (Å²) >= 11 is 0. The van der Waals surface area contributed by atoms with E-state index in [2.05, 4.69) is 15.0 Å². The topological polar surface area (TPSA) is 63.8 Å². The molecule has 0 radical (unpaired) electrons. The molecule has 0 aliphatic heterocycles. The van der Waals surface area contributed by atoms with Crippen LogP contribution in [0.25, 0.3) is 11.5 Å². The van der Waals surface area contributed by atoms with Gasteiger partial charge in [0.25, 0.3) is 0 Å². The van der Waals surface area contributed by atoms with Crippen molar-refractivity contribution in [2.75, 3.05) is 0 Å². The summed E-state index contributed by atoms with van der Waals surface area (Å²) in [6.07, 6.45) is 7.46. The monoisotopic (exact) mass is 298 g/mol. The van der Waals surface area contributed by atoms with Crippen LogP contribution in [0, 0.1) is 12.7 Å². The highest BCUT2D eigenvalue weighted by Crippen LogP contribution is 2.22. The molecule has 1 atom stereocenters. The zero-order chi connectivity index (χ0) is 15.5. The van der Waals surface area contributed by atoms with E-state index in [0.717, 1.165) is 0 Å². The van der Waals surface area contributed by atoms with E-state index >= 15 is 0 Å². The van der Waals surface area contributed by atoms with Crippen molar-refractivity contribution in [3.05, 3.63) is 66.1 Å². The molecule has 0 aliphatic carbocycles. The Hall–Kier alpha value is -2.60. The van der Waals surface area contributed by atoms with E-state index in [1.165, 1.54) is 12.1 Å². The first kappa shape index (κ1) is 14.3. The van der Waals surface area contributed by atoms with Crippen molar-refractivity contribution in [1.82, 2.24) is 19.5 Å². The number of rotatable bonds is 4. The van der Waals surface area contributed by atoms with Gasteiger partial charge in [0.2, 0.25) is 0 Å². The number of halogens is 1. The van der Waals surface area contributed by atoms with Crippen LogP contribution in [0.15, 0.2) is 49.2 Å². The van der Waals surface area contributed by atoms with Crippen LogP contribution in [-0.2, 0) is 6.54 Å². The lowest BCUT2D eigenvalue weighted by Crippen LogP contribution is -2.11. The number of hydrogen-bond donors (Lipinski definition) is 1. The van der Waals surface area contributed by atoms with E-state index in [9.17, 15) is 9.50 Å². The number of aliphatic hydroxyl groups is 1. The zero-order valence-electron chi connectivity index (χ0n) is 12.0. The predicted molar refractivity (Wildman–Crippen MR) is 79.3 cm³/mol. The fraction of sp³-hybridized carbons (Fsp3) is 0.188. The second-order valence-electron chi connectivity index (χ2n) is 5.01. The Bertz CT molecular complexity index is 773. The zero-order valence-corrected chi connectivity index (χ0v) is 12.0. The van der Waals surface area contributed by atoms with Crippen LogP contribution in [-0.4, -0.2) is 24.6 Å². The Morgan fingerprint density at radius 3 is 2.82 bits per heavy atom. The highest BCUT2D eigenvalue weighted by atomic mass is 19.1. The molecular weight excluding hydrogens is 283 g/mol. The van der Waals surface area contributed by atoms with Gasteiger partial charge in [-0.3, -0.25) is 4.98 Å². The molecule has 22 heavy (non-hydrogen) atoms. The summed E-state index contributed by atoms with van der Waals surface area (Å²) in [6.45, 7) is 2.08. The van der Waals surface area contributed by atoms with Gasteiger partial charge in [-0.05, 0) is 30.2 Å². The van der Waals surface area contributed by atoms with Gasteiger partial charge in [-0.1, -0.05) is 6.07 Å². The molecule has 3 rings (SSSR count). The van der Waals surface area contributed by atoms with Crippen LogP contribution < -0.4 is 0 Å². The average molecular weight is 298 g/mol. The van der Waals surface area contributed by atoms with Crippen molar-refractivity contribution >= 4 is 0 Å². The molecule has 0 fully saturated rings. The number of aromatic nitrogens is 4. The van der Waals surface area contributed by atoms with Gasteiger partial charge in [-0.15, -0.1) is 0 Å². The Labute approximate surface area is 127 Å². The molecular formula is C16H15FN4O. The van der Waals surface area contributed by atoms with Gasteiger partial charge in [-0.25, -0.2) is 14.4 Å². The SMILES string of the molecule is Cc1cc(F)ccc1C(O)Cn1ccnc1-c1cnccn1. The number of aliphatic hydroxyl groups excluding tert-OH is 1. The summed E-state index contributed by atoms with van der Waals surface area (Å²) in [5.41, 5.74) is 2.05. The molecule has 1 unspecified atom stereocenters. The highest BCUT2D eigenvalue weighted by molar-refractivity contribution is 5.47. The van der Waals surface area contributed by atoms with Gasteiger partial charge in [0, 0.05) is 24.8 Å². The van der Waals surface area contributed by atoms with Gasteiger partial charge in [0.15, 0.2) is 5.82 Å².